The van der Waals surface area contributed by atoms with Gasteiger partial charge in [0.05, 0.1) is 0 Å². The number of nitrogens with zero attached hydrogens (tertiary/aromatic N) is 4. The normalized spacial score (nSPS) is 8.59. The number of hydrogen-bond acceptors (Lipinski definition) is 8. The Labute approximate surface area is 221 Å². The average molecular weight is 536 g/mol. The van der Waals surface area contributed by atoms with Crippen LogP contribution < -0.4 is 20.4 Å². The summed E-state index contributed by atoms with van der Waals surface area (Å²) in [5.41, 5.74) is 3.10. The molecule has 4 aromatic rings. The van der Waals surface area contributed by atoms with Crippen LogP contribution >= 0.6 is 0 Å². The van der Waals surface area contributed by atoms with E-state index in [2.05, 4.69) is 19.9 Å². The number of pyridine rings is 4. The first kappa shape index (κ1) is 33.0. The van der Waals surface area contributed by atoms with Crippen molar-refractivity contribution in [2.75, 3.05) is 0 Å². The molecule has 0 aromatic carbocycles. The predicted octanol–water partition coefficient (Wildman–Crippen LogP) is 1.85. The topological polar surface area (TPSA) is 144 Å². The van der Waals surface area contributed by atoms with Gasteiger partial charge in [-0.15, -0.1) is 0 Å². The Balaban J connectivity index is 0. The molecule has 0 saturated heterocycles. The van der Waals surface area contributed by atoms with E-state index in [1.54, 1.807) is 76.2 Å². The third-order valence-electron chi connectivity index (χ3n) is 3.45. The minimum Gasteiger partial charge on any atom is -0.859 e. The van der Waals surface area contributed by atoms with Gasteiger partial charge in [-0.2, -0.15) is 0 Å². The summed E-state index contributed by atoms with van der Waals surface area (Å²) in [5.74, 6) is -0.648. The molecule has 0 atom stereocenters. The average Bonchev–Trinajstić information content (AvgIpc) is 2.69. The minimum absolute atomic E-state index is 0. The van der Waals surface area contributed by atoms with Crippen LogP contribution in [0.15, 0.2) is 72.8 Å². The summed E-state index contributed by atoms with van der Waals surface area (Å²) in [6.45, 7) is 7.17. The molecule has 0 amide bonds. The molecule has 8 nitrogen and oxygen atoms in total. The van der Waals surface area contributed by atoms with Gasteiger partial charge in [-0.3, -0.25) is 19.9 Å². The van der Waals surface area contributed by atoms with Gasteiger partial charge in [-0.25, -0.2) is 0 Å². The van der Waals surface area contributed by atoms with E-state index in [0.717, 1.165) is 22.8 Å². The number of aromatic nitrogens is 4. The van der Waals surface area contributed by atoms with Gasteiger partial charge in [-0.1, -0.05) is 48.5 Å². The van der Waals surface area contributed by atoms with E-state index in [0.29, 0.717) is 0 Å². The summed E-state index contributed by atoms with van der Waals surface area (Å²) in [5, 5.41) is 41.5. The summed E-state index contributed by atoms with van der Waals surface area (Å²) in [6.07, 6.45) is 0. The Kier molecular flexibility index (Phi) is 17.8. The first-order chi connectivity index (χ1) is 15.2. The predicted molar refractivity (Wildman–Crippen MR) is 114 cm³/mol. The van der Waals surface area contributed by atoms with Gasteiger partial charge >= 0.3 is 34.7 Å². The molecule has 0 bridgehead atoms. The van der Waals surface area contributed by atoms with E-state index in [1.807, 2.05) is 0 Å². The molecule has 34 heavy (non-hydrogen) atoms. The molecule has 0 saturated carbocycles. The first-order valence-corrected chi connectivity index (χ1v) is 9.58. The molecule has 0 spiro atoms. The van der Waals surface area contributed by atoms with E-state index in [1.165, 1.54) is 24.3 Å². The monoisotopic (exact) mass is 536 g/mol. The summed E-state index contributed by atoms with van der Waals surface area (Å²) < 4.78 is 0. The number of aryl methyl sites for hydroxylation is 4. The van der Waals surface area contributed by atoms with Crippen LogP contribution in [0.25, 0.3) is 0 Å². The molecule has 10 heteroatoms. The largest absolute Gasteiger partial charge is 2.00 e. The molecular weight excluding hydrogens is 512 g/mol. The second-order valence-corrected chi connectivity index (χ2v) is 6.47. The fourth-order valence-corrected chi connectivity index (χ4v) is 2.07. The van der Waals surface area contributed by atoms with Crippen molar-refractivity contribution in [3.05, 3.63) is 95.6 Å². The fourth-order valence-electron chi connectivity index (χ4n) is 2.07. The van der Waals surface area contributed by atoms with Crippen molar-refractivity contribution in [1.29, 1.82) is 0 Å². The second kappa shape index (κ2) is 18.3. The molecule has 4 aromatic heterocycles. The van der Waals surface area contributed by atoms with Crippen LogP contribution in [-0.2, 0) is 34.7 Å². The van der Waals surface area contributed by atoms with Crippen LogP contribution in [0, 0.1) is 27.7 Å². The van der Waals surface area contributed by atoms with Crippen molar-refractivity contribution in [2.45, 2.75) is 27.7 Å². The maximum Gasteiger partial charge on any atom is 2.00 e. The van der Waals surface area contributed by atoms with Gasteiger partial charge in [0.2, 0.25) is 0 Å². The summed E-state index contributed by atoms with van der Waals surface area (Å²) >= 11 is 0. The third kappa shape index (κ3) is 16.5. The van der Waals surface area contributed by atoms with Crippen LogP contribution in [0.1, 0.15) is 22.8 Å². The van der Waals surface area contributed by atoms with Gasteiger partial charge in [0.15, 0.2) is 0 Å². The molecule has 0 aliphatic carbocycles. The van der Waals surface area contributed by atoms with Crippen molar-refractivity contribution in [3.8, 4) is 23.5 Å². The fraction of sp³-hybridized carbons (Fsp3) is 0.167. The van der Waals surface area contributed by atoms with Crippen LogP contribution in [0.3, 0.4) is 0 Å². The standard InChI is InChI=1S/4C6H7NO.2Cr/c4*1-5-3-2-4-6(8)7-5;;/h4*2-4H,1H3,(H,7,8);;/q;;;;2*+2/p-4. The Morgan fingerprint density at radius 2 is 0.559 bits per heavy atom. The maximum absolute atomic E-state index is 10.4. The molecule has 0 N–H and O–H groups in total. The van der Waals surface area contributed by atoms with Crippen LogP contribution in [0.4, 0.5) is 0 Å². The van der Waals surface area contributed by atoms with Crippen molar-refractivity contribution in [2.24, 2.45) is 0 Å². The summed E-state index contributed by atoms with van der Waals surface area (Å²) in [6, 6.07) is 19.7. The zero-order valence-electron chi connectivity index (χ0n) is 19.2. The van der Waals surface area contributed by atoms with E-state index in [4.69, 9.17) is 0 Å². The Hall–Kier alpha value is -3.14. The van der Waals surface area contributed by atoms with E-state index < -0.39 is 0 Å². The van der Waals surface area contributed by atoms with Crippen molar-refractivity contribution >= 4 is 0 Å². The second-order valence-electron chi connectivity index (χ2n) is 6.47. The summed E-state index contributed by atoms with van der Waals surface area (Å²) in [4.78, 5) is 14.5. The molecule has 0 fully saturated rings. The molecule has 0 aliphatic heterocycles. The third-order valence-corrected chi connectivity index (χ3v) is 3.45. The molecule has 4 rings (SSSR count). The van der Waals surface area contributed by atoms with E-state index >= 15 is 0 Å². The van der Waals surface area contributed by atoms with Crippen LogP contribution in [0.2, 0.25) is 0 Å². The first-order valence-electron chi connectivity index (χ1n) is 9.58. The van der Waals surface area contributed by atoms with E-state index in [-0.39, 0.29) is 58.2 Å². The smallest absolute Gasteiger partial charge is 0.859 e. The zero-order chi connectivity index (χ0) is 23.9. The molecule has 4 heterocycles. The molecular formula is C24H24Cr2N4O4. The van der Waals surface area contributed by atoms with Crippen molar-refractivity contribution in [1.82, 2.24) is 19.9 Å². The Morgan fingerprint density at radius 1 is 0.382 bits per heavy atom. The Morgan fingerprint density at radius 3 is 0.647 bits per heavy atom. The zero-order valence-corrected chi connectivity index (χ0v) is 21.7. The van der Waals surface area contributed by atoms with Gasteiger partial charge in [0, 0.05) is 22.8 Å². The van der Waals surface area contributed by atoms with Crippen molar-refractivity contribution in [3.63, 3.8) is 0 Å². The number of rotatable bonds is 0. The SMILES string of the molecule is Cc1cccc([O-])n1.Cc1cccc([O-])n1.Cc1cccc([O-])n1.Cc1cccc([O-])n1.[Cr+2].[Cr+2]. The van der Waals surface area contributed by atoms with Gasteiger partial charge < -0.3 is 20.4 Å². The van der Waals surface area contributed by atoms with Crippen molar-refractivity contribution < 1.29 is 55.1 Å². The quantitative estimate of drug-likeness (QED) is 0.331. The van der Waals surface area contributed by atoms with Gasteiger partial charge in [0.1, 0.15) is 0 Å². The van der Waals surface area contributed by atoms with Gasteiger partial charge in [0.25, 0.3) is 0 Å². The van der Waals surface area contributed by atoms with Crippen LogP contribution in [-0.4, -0.2) is 19.9 Å². The molecule has 0 radical (unpaired) electrons. The molecule has 0 aliphatic rings. The van der Waals surface area contributed by atoms with Crippen LogP contribution in [0.5, 0.6) is 23.5 Å². The summed E-state index contributed by atoms with van der Waals surface area (Å²) in [7, 11) is 0. The molecule has 176 valence electrons. The van der Waals surface area contributed by atoms with E-state index in [9.17, 15) is 20.4 Å². The number of hydrogen-bond donors (Lipinski definition) is 0. The minimum atomic E-state index is -0.162. The van der Waals surface area contributed by atoms with Gasteiger partial charge in [-0.05, 0) is 75.5 Å². The maximum atomic E-state index is 10.4. The Bertz CT molecular complexity index is 859. The molecule has 0 unspecified atom stereocenters.